The summed E-state index contributed by atoms with van der Waals surface area (Å²) in [6.07, 6.45) is 3.15. The maximum Gasteiger partial charge on any atom is 0.270 e. The molecular formula is C29H27N7O2. The van der Waals surface area contributed by atoms with Crippen molar-refractivity contribution in [2.75, 3.05) is 23.3 Å². The number of hydrogen-bond acceptors (Lipinski definition) is 7. The van der Waals surface area contributed by atoms with Crippen molar-refractivity contribution in [2.45, 2.75) is 24.9 Å². The molecule has 9 nitrogen and oxygen atoms in total. The van der Waals surface area contributed by atoms with Crippen molar-refractivity contribution < 1.29 is 4.92 Å². The fourth-order valence-corrected chi connectivity index (χ4v) is 5.28. The summed E-state index contributed by atoms with van der Waals surface area (Å²) in [7, 11) is 0. The Balaban J connectivity index is 1.42. The topological polar surface area (TPSA) is 102 Å². The second kappa shape index (κ2) is 10.3. The van der Waals surface area contributed by atoms with E-state index in [-0.39, 0.29) is 10.6 Å². The Morgan fingerprint density at radius 1 is 0.921 bits per heavy atom. The zero-order valence-corrected chi connectivity index (χ0v) is 20.7. The summed E-state index contributed by atoms with van der Waals surface area (Å²) in [5, 5.41) is 24.1. The number of nitro benzene ring substituents is 1. The van der Waals surface area contributed by atoms with Crippen LogP contribution in [0.1, 0.15) is 36.1 Å². The van der Waals surface area contributed by atoms with E-state index in [1.165, 1.54) is 5.56 Å². The van der Waals surface area contributed by atoms with Crippen molar-refractivity contribution in [3.8, 4) is 0 Å². The van der Waals surface area contributed by atoms with E-state index in [0.29, 0.717) is 11.7 Å². The van der Waals surface area contributed by atoms with Crippen LogP contribution in [0, 0.1) is 10.1 Å². The molecule has 5 aromatic rings. The first-order valence-electron chi connectivity index (χ1n) is 12.7. The molecule has 1 aliphatic heterocycles. The molecule has 3 heterocycles. The normalized spacial score (nSPS) is 14.9. The van der Waals surface area contributed by atoms with Crippen molar-refractivity contribution in [3.05, 3.63) is 118 Å². The summed E-state index contributed by atoms with van der Waals surface area (Å²) in [6.45, 7) is 1.69. The van der Waals surface area contributed by atoms with Crippen LogP contribution in [0.15, 0.2) is 97.2 Å². The van der Waals surface area contributed by atoms with E-state index in [1.54, 1.807) is 23.0 Å². The first-order chi connectivity index (χ1) is 18.7. The van der Waals surface area contributed by atoms with E-state index >= 15 is 0 Å². The Bertz CT molecular complexity index is 1550. The lowest BCUT2D eigenvalue weighted by Gasteiger charge is -2.36. The van der Waals surface area contributed by atoms with Gasteiger partial charge in [0.2, 0.25) is 0 Å². The quantitative estimate of drug-likeness (QED) is 0.221. The van der Waals surface area contributed by atoms with Gasteiger partial charge < -0.3 is 10.2 Å². The number of non-ortho nitro benzene ring substituents is 1. The lowest BCUT2D eigenvalue weighted by Crippen LogP contribution is -2.35. The molecule has 1 N–H and O–H groups in total. The molecule has 0 spiro atoms. The fourth-order valence-electron chi connectivity index (χ4n) is 5.28. The minimum absolute atomic E-state index is 0.0279. The molecule has 0 unspecified atom stereocenters. The van der Waals surface area contributed by atoms with Crippen molar-refractivity contribution in [1.82, 2.24) is 20.0 Å². The molecule has 9 heteroatoms. The molecule has 38 heavy (non-hydrogen) atoms. The van der Waals surface area contributed by atoms with Gasteiger partial charge in [-0.05, 0) is 54.7 Å². The highest BCUT2D eigenvalue weighted by atomic mass is 16.6. The van der Waals surface area contributed by atoms with Crippen LogP contribution in [0.3, 0.4) is 0 Å². The number of anilines is 2. The largest absolute Gasteiger partial charge is 0.371 e. The summed E-state index contributed by atoms with van der Waals surface area (Å²) in [6, 6.07) is 29.0. The molecule has 0 radical (unpaired) electrons. The van der Waals surface area contributed by atoms with Crippen LogP contribution >= 0.6 is 0 Å². The first-order valence-corrected chi connectivity index (χ1v) is 12.7. The number of para-hydroxylation sites is 1. The number of nitrogens with one attached hydrogen (secondary N) is 1. The maximum absolute atomic E-state index is 11.8. The zero-order valence-electron chi connectivity index (χ0n) is 20.7. The fraction of sp³-hybridized carbons (Fsp3) is 0.207. The van der Waals surface area contributed by atoms with E-state index in [2.05, 4.69) is 49.8 Å². The van der Waals surface area contributed by atoms with E-state index in [1.807, 2.05) is 54.6 Å². The van der Waals surface area contributed by atoms with Gasteiger partial charge in [-0.2, -0.15) is 0 Å². The van der Waals surface area contributed by atoms with Crippen LogP contribution in [0.2, 0.25) is 0 Å². The Hall–Kier alpha value is -4.79. The molecule has 6 rings (SSSR count). The lowest BCUT2D eigenvalue weighted by molar-refractivity contribution is -0.384. The molecule has 3 aromatic carbocycles. The molecular weight excluding hydrogens is 478 g/mol. The van der Waals surface area contributed by atoms with Crippen LogP contribution in [-0.2, 0) is 0 Å². The summed E-state index contributed by atoms with van der Waals surface area (Å²) in [4.78, 5) is 18.3. The summed E-state index contributed by atoms with van der Waals surface area (Å²) < 4.78 is 1.78. The summed E-state index contributed by atoms with van der Waals surface area (Å²) >= 11 is 0. The molecule has 0 saturated carbocycles. The Labute approximate surface area is 219 Å². The zero-order chi connectivity index (χ0) is 25.9. The van der Waals surface area contributed by atoms with Gasteiger partial charge in [0, 0.05) is 42.7 Å². The average Bonchev–Trinajstić information content (AvgIpc) is 3.41. The summed E-state index contributed by atoms with van der Waals surface area (Å²) in [5.74, 6) is 1.13. The monoisotopic (exact) mass is 505 g/mol. The van der Waals surface area contributed by atoms with E-state index in [0.717, 1.165) is 48.2 Å². The number of fused-ring (bicyclic) bond motifs is 1. The van der Waals surface area contributed by atoms with Gasteiger partial charge in [-0.3, -0.25) is 10.1 Å². The third-order valence-electron chi connectivity index (χ3n) is 7.19. The first kappa shape index (κ1) is 23.6. The summed E-state index contributed by atoms with van der Waals surface area (Å²) in [5.41, 5.74) is 4.64. The average molecular weight is 506 g/mol. The molecule has 0 aliphatic carbocycles. The highest BCUT2D eigenvalue weighted by Crippen LogP contribution is 2.37. The highest BCUT2D eigenvalue weighted by Gasteiger charge is 2.28. The standard InChI is InChI=1S/C29H27N7O2/c37-36(38)23-13-14-26(34-18-15-22(16-19-34)21-8-2-1-3-9-21)24(20-23)29(31-28-12-6-7-17-30-28)35-27-11-5-4-10-25(27)32-33-35/h1-14,17,20,22,29H,15-16,18-19H2,(H,30,31)/t29-/m0/s1. The van der Waals surface area contributed by atoms with Crippen molar-refractivity contribution in [2.24, 2.45) is 0 Å². The van der Waals surface area contributed by atoms with Gasteiger partial charge in [0.1, 0.15) is 11.3 Å². The predicted molar refractivity (Wildman–Crippen MR) is 147 cm³/mol. The van der Waals surface area contributed by atoms with Gasteiger partial charge >= 0.3 is 0 Å². The number of rotatable bonds is 7. The number of benzene rings is 3. The van der Waals surface area contributed by atoms with Gasteiger partial charge in [-0.1, -0.05) is 53.7 Å². The van der Waals surface area contributed by atoms with E-state index in [4.69, 9.17) is 0 Å². The molecule has 1 aliphatic rings. The molecule has 190 valence electrons. The highest BCUT2D eigenvalue weighted by molar-refractivity contribution is 5.75. The SMILES string of the molecule is O=[N+]([O-])c1ccc(N2CCC(c3ccccc3)CC2)c([C@@H](Nc2ccccn2)n2nnc3ccccc32)c1. The van der Waals surface area contributed by atoms with E-state index in [9.17, 15) is 10.1 Å². The van der Waals surface area contributed by atoms with Crippen LogP contribution < -0.4 is 10.2 Å². The Kier molecular flexibility index (Phi) is 6.39. The third kappa shape index (κ3) is 4.66. The third-order valence-corrected chi connectivity index (χ3v) is 7.19. The molecule has 0 amide bonds. The van der Waals surface area contributed by atoms with Crippen molar-refractivity contribution >= 4 is 28.2 Å². The Morgan fingerprint density at radius 2 is 1.68 bits per heavy atom. The van der Waals surface area contributed by atoms with Gasteiger partial charge in [0.25, 0.3) is 5.69 Å². The number of aromatic nitrogens is 4. The second-order valence-corrected chi connectivity index (χ2v) is 9.46. The van der Waals surface area contributed by atoms with Gasteiger partial charge in [-0.25, -0.2) is 9.67 Å². The van der Waals surface area contributed by atoms with Crippen LogP contribution in [-0.4, -0.2) is 38.0 Å². The maximum atomic E-state index is 11.8. The van der Waals surface area contributed by atoms with Crippen molar-refractivity contribution in [3.63, 3.8) is 0 Å². The van der Waals surface area contributed by atoms with Crippen LogP contribution in [0.25, 0.3) is 11.0 Å². The van der Waals surface area contributed by atoms with Gasteiger partial charge in [0.15, 0.2) is 6.17 Å². The molecule has 2 aromatic heterocycles. The second-order valence-electron chi connectivity index (χ2n) is 9.46. The number of nitro groups is 1. The predicted octanol–water partition coefficient (Wildman–Crippen LogP) is 5.78. The number of piperidine rings is 1. The molecule has 1 saturated heterocycles. The minimum Gasteiger partial charge on any atom is -0.371 e. The van der Waals surface area contributed by atoms with Crippen molar-refractivity contribution in [1.29, 1.82) is 0 Å². The molecule has 1 fully saturated rings. The number of pyridine rings is 1. The minimum atomic E-state index is -0.570. The van der Waals surface area contributed by atoms with Crippen LogP contribution in [0.5, 0.6) is 0 Å². The van der Waals surface area contributed by atoms with E-state index < -0.39 is 6.17 Å². The Morgan fingerprint density at radius 3 is 2.45 bits per heavy atom. The molecule has 1 atom stereocenters. The molecule has 0 bridgehead atoms. The van der Waals surface area contributed by atoms with Crippen LogP contribution in [0.4, 0.5) is 17.2 Å². The lowest BCUT2D eigenvalue weighted by atomic mass is 9.89. The van der Waals surface area contributed by atoms with Gasteiger partial charge in [-0.15, -0.1) is 5.10 Å². The van der Waals surface area contributed by atoms with Gasteiger partial charge in [0.05, 0.1) is 10.4 Å². The smallest absolute Gasteiger partial charge is 0.270 e. The number of nitrogens with zero attached hydrogens (tertiary/aromatic N) is 6. The number of hydrogen-bond donors (Lipinski definition) is 1.